The first-order valence-corrected chi connectivity index (χ1v) is 7.77. The Kier molecular flexibility index (Phi) is 4.06. The van der Waals surface area contributed by atoms with E-state index in [4.69, 9.17) is 15.0 Å². The first-order valence-electron chi connectivity index (χ1n) is 6.95. The van der Waals surface area contributed by atoms with Gasteiger partial charge in [0.2, 0.25) is 5.82 Å². The van der Waals surface area contributed by atoms with Gasteiger partial charge in [-0.1, -0.05) is 42.0 Å². The van der Waals surface area contributed by atoms with Crippen LogP contribution in [-0.4, -0.2) is 22.2 Å². The predicted octanol–water partition coefficient (Wildman–Crippen LogP) is 3.40. The highest BCUT2D eigenvalue weighted by molar-refractivity contribution is 7.18. The molecule has 3 aromatic rings. The van der Waals surface area contributed by atoms with Crippen LogP contribution in [0.2, 0.25) is 0 Å². The second-order valence-corrected chi connectivity index (χ2v) is 5.73. The number of aromatic nitrogens is 3. The van der Waals surface area contributed by atoms with Crippen LogP contribution in [0, 0.1) is 0 Å². The fraction of sp³-hybridized carbons (Fsp3) is 0.267. The molecule has 7 heteroatoms. The van der Waals surface area contributed by atoms with Gasteiger partial charge in [0.25, 0.3) is 5.89 Å². The molecule has 114 valence electrons. The molecule has 0 aliphatic rings. The van der Waals surface area contributed by atoms with Crippen molar-refractivity contribution < 1.29 is 9.26 Å². The number of nitrogen functional groups attached to an aromatic ring is 1. The topological polar surface area (TPSA) is 87.1 Å². The third kappa shape index (κ3) is 2.67. The van der Waals surface area contributed by atoms with E-state index in [0.29, 0.717) is 22.6 Å². The lowest BCUT2D eigenvalue weighted by Crippen LogP contribution is -1.90. The van der Waals surface area contributed by atoms with Crippen LogP contribution in [0.1, 0.15) is 19.0 Å². The van der Waals surface area contributed by atoms with Crippen LogP contribution in [0.3, 0.4) is 0 Å². The van der Waals surface area contributed by atoms with E-state index in [1.54, 1.807) is 7.11 Å². The lowest BCUT2D eigenvalue weighted by atomic mass is 10.2. The summed E-state index contributed by atoms with van der Waals surface area (Å²) in [4.78, 5) is 9.65. The predicted molar refractivity (Wildman–Crippen MR) is 85.8 cm³/mol. The van der Waals surface area contributed by atoms with Gasteiger partial charge in [0.1, 0.15) is 10.6 Å². The van der Waals surface area contributed by atoms with E-state index in [0.717, 1.165) is 29.0 Å². The fourth-order valence-electron chi connectivity index (χ4n) is 2.20. The Bertz CT molecular complexity index is 781. The Labute approximate surface area is 132 Å². The second-order valence-electron chi connectivity index (χ2n) is 4.70. The average Bonchev–Trinajstić information content (AvgIpc) is 3.14. The zero-order valence-corrected chi connectivity index (χ0v) is 13.2. The number of hydrogen-bond donors (Lipinski definition) is 1. The lowest BCUT2D eigenvalue weighted by molar-refractivity contribution is 0.413. The maximum absolute atomic E-state index is 5.81. The molecule has 0 aliphatic heterocycles. The smallest absolute Gasteiger partial charge is 0.270 e. The third-order valence-electron chi connectivity index (χ3n) is 3.17. The average molecular weight is 316 g/mol. The molecular weight excluding hydrogens is 300 g/mol. The van der Waals surface area contributed by atoms with Gasteiger partial charge in [0, 0.05) is 0 Å². The van der Waals surface area contributed by atoms with E-state index in [1.807, 2.05) is 24.3 Å². The molecule has 2 aromatic heterocycles. The highest BCUT2D eigenvalue weighted by Gasteiger charge is 2.19. The number of para-hydroxylation sites is 1. The summed E-state index contributed by atoms with van der Waals surface area (Å²) in [5, 5.41) is 4.56. The van der Waals surface area contributed by atoms with Gasteiger partial charge >= 0.3 is 0 Å². The molecule has 0 aliphatic carbocycles. The molecule has 1 aromatic carbocycles. The standard InChI is InChI=1S/C15H16N4O2S/c1-3-6-10-12(22-15(16)17-10)14-18-13(19-21-14)9-7-4-5-8-11(9)20-2/h4-5,7-8H,3,6H2,1-2H3,(H2,16,17). The number of thiazole rings is 1. The van der Waals surface area contributed by atoms with Crippen LogP contribution in [0.5, 0.6) is 5.75 Å². The molecule has 0 amide bonds. The van der Waals surface area contributed by atoms with Crippen molar-refractivity contribution in [1.82, 2.24) is 15.1 Å². The van der Waals surface area contributed by atoms with Crippen LogP contribution < -0.4 is 10.5 Å². The Morgan fingerprint density at radius 1 is 1.27 bits per heavy atom. The molecule has 0 bridgehead atoms. The molecule has 6 nitrogen and oxygen atoms in total. The first-order chi connectivity index (χ1) is 10.7. The summed E-state index contributed by atoms with van der Waals surface area (Å²) in [6.45, 7) is 2.09. The summed E-state index contributed by atoms with van der Waals surface area (Å²) in [6.07, 6.45) is 1.80. The van der Waals surface area contributed by atoms with Crippen LogP contribution in [0.15, 0.2) is 28.8 Å². The van der Waals surface area contributed by atoms with E-state index in [-0.39, 0.29) is 0 Å². The summed E-state index contributed by atoms with van der Waals surface area (Å²) in [7, 11) is 1.61. The van der Waals surface area contributed by atoms with Gasteiger partial charge < -0.3 is 15.0 Å². The van der Waals surface area contributed by atoms with Crippen LogP contribution in [-0.2, 0) is 6.42 Å². The molecule has 3 rings (SSSR count). The van der Waals surface area contributed by atoms with E-state index < -0.39 is 0 Å². The Morgan fingerprint density at radius 3 is 2.86 bits per heavy atom. The molecule has 0 saturated heterocycles. The summed E-state index contributed by atoms with van der Waals surface area (Å²) in [5.74, 6) is 1.63. The number of methoxy groups -OCH3 is 1. The molecular formula is C15H16N4O2S. The van der Waals surface area contributed by atoms with Gasteiger partial charge in [0.05, 0.1) is 18.4 Å². The largest absolute Gasteiger partial charge is 0.496 e. The number of benzene rings is 1. The first kappa shape index (κ1) is 14.5. The normalized spacial score (nSPS) is 10.8. The van der Waals surface area contributed by atoms with Crippen molar-refractivity contribution in [3.05, 3.63) is 30.0 Å². The van der Waals surface area contributed by atoms with Gasteiger partial charge in [-0.3, -0.25) is 0 Å². The van der Waals surface area contributed by atoms with Gasteiger partial charge in [-0.05, 0) is 18.6 Å². The van der Waals surface area contributed by atoms with Crippen molar-refractivity contribution in [1.29, 1.82) is 0 Å². The second kappa shape index (κ2) is 6.15. The molecule has 0 radical (unpaired) electrons. The van der Waals surface area contributed by atoms with Gasteiger partial charge in [-0.15, -0.1) is 0 Å². The number of ether oxygens (including phenoxy) is 1. The zero-order valence-electron chi connectivity index (χ0n) is 12.4. The molecule has 0 fully saturated rings. The van der Waals surface area contributed by atoms with E-state index in [1.165, 1.54) is 11.3 Å². The third-order valence-corrected chi connectivity index (χ3v) is 4.08. The van der Waals surface area contributed by atoms with Crippen molar-refractivity contribution >= 4 is 16.5 Å². The highest BCUT2D eigenvalue weighted by atomic mass is 32.1. The summed E-state index contributed by atoms with van der Waals surface area (Å²) < 4.78 is 10.7. The number of rotatable bonds is 5. The van der Waals surface area contributed by atoms with Crippen molar-refractivity contribution in [2.24, 2.45) is 0 Å². The highest BCUT2D eigenvalue weighted by Crippen LogP contribution is 2.34. The molecule has 2 N–H and O–H groups in total. The molecule has 0 atom stereocenters. The molecule has 0 saturated carbocycles. The van der Waals surface area contributed by atoms with Gasteiger partial charge in [-0.25, -0.2) is 4.98 Å². The zero-order chi connectivity index (χ0) is 15.5. The number of aryl methyl sites for hydroxylation is 1. The minimum atomic E-state index is 0.443. The fourth-order valence-corrected chi connectivity index (χ4v) is 3.00. The van der Waals surface area contributed by atoms with Crippen molar-refractivity contribution in [3.63, 3.8) is 0 Å². The molecule has 22 heavy (non-hydrogen) atoms. The maximum Gasteiger partial charge on any atom is 0.270 e. The lowest BCUT2D eigenvalue weighted by Gasteiger charge is -2.02. The maximum atomic E-state index is 5.81. The Morgan fingerprint density at radius 2 is 2.09 bits per heavy atom. The van der Waals surface area contributed by atoms with Crippen molar-refractivity contribution in [2.45, 2.75) is 19.8 Å². The quantitative estimate of drug-likeness (QED) is 0.776. The van der Waals surface area contributed by atoms with E-state index in [2.05, 4.69) is 22.0 Å². The summed E-state index contributed by atoms with van der Waals surface area (Å²) in [5.41, 5.74) is 7.50. The number of hydrogen-bond acceptors (Lipinski definition) is 7. The minimum Gasteiger partial charge on any atom is -0.496 e. The summed E-state index contributed by atoms with van der Waals surface area (Å²) in [6, 6.07) is 7.55. The number of nitrogens with zero attached hydrogens (tertiary/aromatic N) is 3. The Hall–Kier alpha value is -2.41. The van der Waals surface area contributed by atoms with Crippen LogP contribution in [0.25, 0.3) is 22.2 Å². The van der Waals surface area contributed by atoms with Gasteiger partial charge in [-0.2, -0.15) is 4.98 Å². The monoisotopic (exact) mass is 316 g/mol. The molecule has 2 heterocycles. The molecule has 0 spiro atoms. The number of nitrogens with two attached hydrogens (primary N) is 1. The Balaban J connectivity index is 2.01. The number of anilines is 1. The minimum absolute atomic E-state index is 0.443. The van der Waals surface area contributed by atoms with E-state index >= 15 is 0 Å². The SMILES string of the molecule is CCCc1nc(N)sc1-c1nc(-c2ccccc2OC)no1. The summed E-state index contributed by atoms with van der Waals surface area (Å²) >= 11 is 1.37. The van der Waals surface area contributed by atoms with Crippen LogP contribution in [0.4, 0.5) is 5.13 Å². The van der Waals surface area contributed by atoms with Crippen molar-refractivity contribution in [3.8, 4) is 27.9 Å². The molecule has 0 unspecified atom stereocenters. The van der Waals surface area contributed by atoms with Crippen LogP contribution >= 0.6 is 11.3 Å². The van der Waals surface area contributed by atoms with Crippen molar-refractivity contribution in [2.75, 3.05) is 12.8 Å². The van der Waals surface area contributed by atoms with E-state index in [9.17, 15) is 0 Å². The van der Waals surface area contributed by atoms with Gasteiger partial charge in [0.15, 0.2) is 5.13 Å².